The molecule has 0 saturated carbocycles. The van der Waals surface area contributed by atoms with Crippen LogP contribution in [0.5, 0.6) is 5.75 Å². The van der Waals surface area contributed by atoms with Crippen molar-refractivity contribution < 1.29 is 19.1 Å². The van der Waals surface area contributed by atoms with Gasteiger partial charge in [-0.3, -0.25) is 19.7 Å². The maximum absolute atomic E-state index is 13.5. The van der Waals surface area contributed by atoms with Gasteiger partial charge < -0.3 is 14.5 Å². The summed E-state index contributed by atoms with van der Waals surface area (Å²) in [6.45, 7) is 6.57. The van der Waals surface area contributed by atoms with Crippen LogP contribution >= 0.6 is 34.4 Å². The minimum atomic E-state index is -0.195. The SMILES string of the molecule is C=CC(=O)N1CCC(N(C)C(=O)c2cc(Sc3cnc(NC(=O)c4ccsc4)s3)c(C)cc2OC)C1. The Bertz CT molecular complexity index is 1290. The molecule has 3 heterocycles. The van der Waals surface area contributed by atoms with Crippen LogP contribution in [0.25, 0.3) is 0 Å². The molecule has 36 heavy (non-hydrogen) atoms. The van der Waals surface area contributed by atoms with E-state index in [1.807, 2.05) is 24.4 Å². The fraction of sp³-hybridized carbons (Fsp3) is 0.280. The molecule has 0 aliphatic carbocycles. The second-order valence-corrected chi connectivity index (χ2v) is 11.4. The molecule has 8 nitrogen and oxygen atoms in total. The highest BCUT2D eigenvalue weighted by molar-refractivity contribution is 8.01. The number of hydrogen-bond acceptors (Lipinski definition) is 8. The number of aromatic nitrogens is 1. The lowest BCUT2D eigenvalue weighted by molar-refractivity contribution is -0.125. The normalized spacial score (nSPS) is 15.0. The zero-order valence-corrected chi connectivity index (χ0v) is 22.6. The van der Waals surface area contributed by atoms with E-state index in [1.165, 1.54) is 40.5 Å². The molecular formula is C25H26N4O4S3. The summed E-state index contributed by atoms with van der Waals surface area (Å²) in [4.78, 5) is 46.3. The molecule has 1 aromatic carbocycles. The number of nitrogens with one attached hydrogen (secondary N) is 1. The Balaban J connectivity index is 1.50. The summed E-state index contributed by atoms with van der Waals surface area (Å²) in [5.41, 5.74) is 2.01. The van der Waals surface area contributed by atoms with E-state index >= 15 is 0 Å². The van der Waals surface area contributed by atoms with Crippen LogP contribution in [0.3, 0.4) is 0 Å². The molecule has 0 radical (unpaired) electrons. The van der Waals surface area contributed by atoms with E-state index < -0.39 is 0 Å². The number of ether oxygens (including phenoxy) is 1. The van der Waals surface area contributed by atoms with Gasteiger partial charge in [0, 0.05) is 30.4 Å². The second kappa shape index (κ2) is 11.3. The van der Waals surface area contributed by atoms with Crippen LogP contribution in [0.1, 0.15) is 32.7 Å². The van der Waals surface area contributed by atoms with Gasteiger partial charge in [0.25, 0.3) is 11.8 Å². The number of benzene rings is 1. The van der Waals surface area contributed by atoms with Gasteiger partial charge in [0.05, 0.1) is 34.7 Å². The lowest BCUT2D eigenvalue weighted by Crippen LogP contribution is -2.40. The van der Waals surface area contributed by atoms with Gasteiger partial charge in [-0.25, -0.2) is 4.98 Å². The van der Waals surface area contributed by atoms with Gasteiger partial charge in [-0.2, -0.15) is 11.3 Å². The van der Waals surface area contributed by atoms with Crippen molar-refractivity contribution >= 4 is 57.3 Å². The maximum atomic E-state index is 13.5. The highest BCUT2D eigenvalue weighted by Gasteiger charge is 2.31. The fourth-order valence-corrected chi connectivity index (χ4v) is 6.46. The third kappa shape index (κ3) is 5.63. The molecule has 11 heteroatoms. The topological polar surface area (TPSA) is 91.8 Å². The van der Waals surface area contributed by atoms with Crippen LogP contribution in [-0.2, 0) is 4.79 Å². The number of anilines is 1. The quantitative estimate of drug-likeness (QED) is 0.412. The first-order chi connectivity index (χ1) is 17.3. The number of carbonyl (C=O) groups excluding carboxylic acids is 3. The fourth-order valence-electron chi connectivity index (χ4n) is 3.89. The average molecular weight is 543 g/mol. The number of carbonyl (C=O) groups is 3. The lowest BCUT2D eigenvalue weighted by atomic mass is 10.1. The molecule has 1 aliphatic heterocycles. The monoisotopic (exact) mass is 542 g/mol. The van der Waals surface area contributed by atoms with Crippen molar-refractivity contribution in [1.82, 2.24) is 14.8 Å². The Morgan fingerprint density at radius 1 is 1.36 bits per heavy atom. The Labute approximate surface area is 222 Å². The van der Waals surface area contributed by atoms with Crippen molar-refractivity contribution in [2.24, 2.45) is 0 Å². The first kappa shape index (κ1) is 25.9. The number of thiophene rings is 1. The summed E-state index contributed by atoms with van der Waals surface area (Å²) < 4.78 is 6.41. The molecule has 1 fully saturated rings. The largest absolute Gasteiger partial charge is 0.496 e. The van der Waals surface area contributed by atoms with Crippen molar-refractivity contribution in [1.29, 1.82) is 0 Å². The molecule has 3 aromatic rings. The number of likely N-dealkylation sites (N-methyl/N-ethyl adjacent to an activating group) is 1. The van der Waals surface area contributed by atoms with Crippen molar-refractivity contribution in [3.05, 3.63) is 64.5 Å². The van der Waals surface area contributed by atoms with Crippen LogP contribution in [0.4, 0.5) is 5.13 Å². The van der Waals surface area contributed by atoms with Gasteiger partial charge in [-0.15, -0.1) is 0 Å². The Hall–Kier alpha value is -3.15. The standard InChI is InChI=1S/C25H26N4O4S3/c1-5-21(30)29-8-6-17(13-29)28(3)24(32)18-11-20(15(2)10-19(18)33-4)35-22-12-26-25(36-22)27-23(31)16-7-9-34-14-16/h5,7,9-12,14,17H,1,6,8,13H2,2-4H3,(H,26,27,31). The Morgan fingerprint density at radius 3 is 2.86 bits per heavy atom. The smallest absolute Gasteiger partial charge is 0.258 e. The second-order valence-electron chi connectivity index (χ2n) is 8.22. The summed E-state index contributed by atoms with van der Waals surface area (Å²) in [6, 6.07) is 5.37. The Morgan fingerprint density at radius 2 is 2.17 bits per heavy atom. The van der Waals surface area contributed by atoms with Crippen LogP contribution in [0, 0.1) is 6.92 Å². The predicted molar refractivity (Wildman–Crippen MR) is 144 cm³/mol. The minimum Gasteiger partial charge on any atom is -0.496 e. The molecule has 1 saturated heterocycles. The number of rotatable bonds is 8. The first-order valence-electron chi connectivity index (χ1n) is 11.1. The number of methoxy groups -OCH3 is 1. The number of nitrogens with zero attached hydrogens (tertiary/aromatic N) is 3. The van der Waals surface area contributed by atoms with E-state index in [-0.39, 0.29) is 23.8 Å². The zero-order chi connectivity index (χ0) is 25.8. The average Bonchev–Trinajstić information content (AvgIpc) is 3.66. The van der Waals surface area contributed by atoms with Gasteiger partial charge in [-0.1, -0.05) is 29.7 Å². The molecule has 1 aliphatic rings. The summed E-state index contributed by atoms with van der Waals surface area (Å²) in [5.74, 6) is 0.0118. The molecule has 4 rings (SSSR count). The van der Waals surface area contributed by atoms with E-state index in [0.29, 0.717) is 41.5 Å². The van der Waals surface area contributed by atoms with Gasteiger partial charge in [0.1, 0.15) is 5.75 Å². The highest BCUT2D eigenvalue weighted by Crippen LogP contribution is 2.38. The van der Waals surface area contributed by atoms with Crippen LogP contribution in [-0.4, -0.2) is 65.8 Å². The van der Waals surface area contributed by atoms with E-state index in [0.717, 1.165) is 14.7 Å². The summed E-state index contributed by atoms with van der Waals surface area (Å²) in [7, 11) is 3.30. The summed E-state index contributed by atoms with van der Waals surface area (Å²) >= 11 is 4.31. The number of aryl methyl sites for hydroxylation is 1. The number of amides is 3. The van der Waals surface area contributed by atoms with Gasteiger partial charge in [0.15, 0.2) is 5.13 Å². The van der Waals surface area contributed by atoms with E-state index in [4.69, 9.17) is 4.74 Å². The lowest BCUT2D eigenvalue weighted by Gasteiger charge is -2.26. The van der Waals surface area contributed by atoms with Crippen molar-refractivity contribution in [2.75, 3.05) is 32.6 Å². The third-order valence-electron chi connectivity index (χ3n) is 5.94. The van der Waals surface area contributed by atoms with Crippen LogP contribution in [0.15, 0.2) is 56.9 Å². The molecule has 1 unspecified atom stereocenters. The zero-order valence-electron chi connectivity index (χ0n) is 20.1. The van der Waals surface area contributed by atoms with Crippen molar-refractivity contribution in [2.45, 2.75) is 28.5 Å². The highest BCUT2D eigenvalue weighted by atomic mass is 32.2. The molecule has 0 bridgehead atoms. The van der Waals surface area contributed by atoms with E-state index in [9.17, 15) is 14.4 Å². The molecule has 1 N–H and O–H groups in total. The minimum absolute atomic E-state index is 0.0839. The first-order valence-corrected chi connectivity index (χ1v) is 13.7. The van der Waals surface area contributed by atoms with Crippen LogP contribution < -0.4 is 10.1 Å². The van der Waals surface area contributed by atoms with E-state index in [1.54, 1.807) is 41.6 Å². The molecule has 188 valence electrons. The number of likely N-dealkylation sites (tertiary alicyclic amines) is 1. The van der Waals surface area contributed by atoms with Crippen molar-refractivity contribution in [3.8, 4) is 5.75 Å². The van der Waals surface area contributed by atoms with E-state index in [2.05, 4.69) is 16.9 Å². The number of thiazole rings is 1. The Kier molecular flexibility index (Phi) is 8.12. The van der Waals surface area contributed by atoms with Crippen molar-refractivity contribution in [3.63, 3.8) is 0 Å². The van der Waals surface area contributed by atoms with Gasteiger partial charge >= 0.3 is 0 Å². The summed E-state index contributed by atoms with van der Waals surface area (Å²) in [6.07, 6.45) is 3.72. The summed E-state index contributed by atoms with van der Waals surface area (Å²) in [5, 5.41) is 6.97. The molecule has 1 atom stereocenters. The van der Waals surface area contributed by atoms with Crippen LogP contribution in [0.2, 0.25) is 0 Å². The predicted octanol–water partition coefficient (Wildman–Crippen LogP) is 4.78. The van der Waals surface area contributed by atoms with Gasteiger partial charge in [0.2, 0.25) is 5.91 Å². The van der Waals surface area contributed by atoms with Gasteiger partial charge in [-0.05, 0) is 48.6 Å². The molecule has 3 amide bonds. The molecule has 0 spiro atoms. The number of hydrogen-bond donors (Lipinski definition) is 1. The third-order valence-corrected chi connectivity index (χ3v) is 8.80. The molecule has 2 aromatic heterocycles. The molecular weight excluding hydrogens is 517 g/mol. The maximum Gasteiger partial charge on any atom is 0.258 e.